The van der Waals surface area contributed by atoms with Gasteiger partial charge in [-0.15, -0.1) is 0 Å². The lowest BCUT2D eigenvalue weighted by Crippen LogP contribution is -2.41. The number of halogens is 3. The van der Waals surface area contributed by atoms with Crippen LogP contribution in [-0.2, 0) is 9.53 Å². The predicted octanol–water partition coefficient (Wildman–Crippen LogP) is 4.10. The molecule has 1 aliphatic carbocycles. The van der Waals surface area contributed by atoms with Gasteiger partial charge in [-0.3, -0.25) is 4.79 Å². The van der Waals surface area contributed by atoms with Crippen LogP contribution in [0.4, 0.5) is 13.6 Å². The first-order chi connectivity index (χ1) is 13.0. The highest BCUT2D eigenvalue weighted by molar-refractivity contribution is 6.30. The summed E-state index contributed by atoms with van der Waals surface area (Å²) in [6.45, 7) is 0.433. The van der Waals surface area contributed by atoms with Gasteiger partial charge in [0.2, 0.25) is 5.91 Å². The van der Waals surface area contributed by atoms with E-state index in [1.54, 1.807) is 0 Å². The van der Waals surface area contributed by atoms with E-state index in [2.05, 4.69) is 10.6 Å². The van der Waals surface area contributed by atoms with Gasteiger partial charge in [0.25, 0.3) is 0 Å². The normalized spacial score (nSPS) is 22.3. The van der Waals surface area contributed by atoms with E-state index in [1.165, 1.54) is 6.07 Å². The summed E-state index contributed by atoms with van der Waals surface area (Å²) in [5.41, 5.74) is -0.168. The van der Waals surface area contributed by atoms with Crippen LogP contribution >= 0.6 is 11.6 Å². The first-order valence-electron chi connectivity index (χ1n) is 9.31. The Morgan fingerprint density at radius 1 is 1.22 bits per heavy atom. The minimum atomic E-state index is -0.817. The monoisotopic (exact) mass is 400 g/mol. The number of carbonyl (C=O) groups is 2. The molecule has 0 bridgehead atoms. The molecule has 8 heteroatoms. The number of cyclic esters (lactones) is 1. The molecular formula is C19H23ClF2N2O3. The van der Waals surface area contributed by atoms with Gasteiger partial charge in [-0.05, 0) is 43.7 Å². The number of hydrogen-bond donors (Lipinski definition) is 2. The van der Waals surface area contributed by atoms with Crippen molar-refractivity contribution in [3.8, 4) is 0 Å². The minimum Gasteiger partial charge on any atom is -0.450 e. The lowest BCUT2D eigenvalue weighted by molar-refractivity contribution is -0.127. The molecular weight excluding hydrogens is 378 g/mol. The highest BCUT2D eigenvalue weighted by Crippen LogP contribution is 2.39. The Hall–Kier alpha value is -1.89. The van der Waals surface area contributed by atoms with E-state index in [0.29, 0.717) is 19.4 Å². The van der Waals surface area contributed by atoms with Crippen molar-refractivity contribution in [1.29, 1.82) is 0 Å². The van der Waals surface area contributed by atoms with Crippen molar-refractivity contribution in [3.63, 3.8) is 0 Å². The number of amides is 2. The van der Waals surface area contributed by atoms with Crippen molar-refractivity contribution < 1.29 is 23.1 Å². The van der Waals surface area contributed by atoms with Crippen molar-refractivity contribution >= 4 is 23.6 Å². The van der Waals surface area contributed by atoms with E-state index in [-0.39, 0.29) is 29.0 Å². The molecule has 2 aliphatic rings. The Balaban J connectivity index is 1.81. The number of nitrogens with one attached hydrogen (secondary N) is 2. The Morgan fingerprint density at radius 3 is 2.70 bits per heavy atom. The van der Waals surface area contributed by atoms with Crippen LogP contribution in [0.2, 0.25) is 5.02 Å². The number of benzene rings is 1. The van der Waals surface area contributed by atoms with E-state index in [4.69, 9.17) is 16.3 Å². The zero-order valence-electron chi connectivity index (χ0n) is 14.9. The summed E-state index contributed by atoms with van der Waals surface area (Å²) in [5.74, 6) is -2.25. The quantitative estimate of drug-likeness (QED) is 0.747. The number of ether oxygens (including phenoxy) is 1. The van der Waals surface area contributed by atoms with Gasteiger partial charge in [0, 0.05) is 18.0 Å². The Bertz CT molecular complexity index is 698. The molecule has 27 heavy (non-hydrogen) atoms. The fourth-order valence-electron chi connectivity index (χ4n) is 3.92. The van der Waals surface area contributed by atoms with Gasteiger partial charge in [0.15, 0.2) is 0 Å². The lowest BCUT2D eigenvalue weighted by Gasteiger charge is -2.29. The van der Waals surface area contributed by atoms with Crippen LogP contribution in [0.1, 0.15) is 50.1 Å². The summed E-state index contributed by atoms with van der Waals surface area (Å²) in [5, 5.41) is 5.26. The third-order valence-electron chi connectivity index (χ3n) is 5.39. The SMILES string of the molecule is O=C1NCC[C@H](C(=O)N[C@H](c2c(F)ccc(Cl)c2F)C2CCCC2)CCO1. The summed E-state index contributed by atoms with van der Waals surface area (Å²) < 4.78 is 34.0. The zero-order chi connectivity index (χ0) is 19.4. The number of alkyl carbamates (subject to hydrolysis) is 1. The molecule has 148 valence electrons. The van der Waals surface area contributed by atoms with Gasteiger partial charge in [-0.2, -0.15) is 0 Å². The highest BCUT2D eigenvalue weighted by atomic mass is 35.5. The predicted molar refractivity (Wildman–Crippen MR) is 96.3 cm³/mol. The maximum atomic E-state index is 14.6. The summed E-state index contributed by atoms with van der Waals surface area (Å²) in [6.07, 6.45) is 3.82. The van der Waals surface area contributed by atoms with Crippen molar-refractivity contribution in [2.24, 2.45) is 11.8 Å². The standard InChI is InChI=1S/C19H23ClF2N2O3/c20-13-5-6-14(21)15(16(13)22)17(11-3-1-2-4-11)24-18(25)12-7-9-23-19(26)27-10-8-12/h5-6,11-12,17H,1-4,7-10H2,(H,23,26)(H,24,25)/t12-,17-/m0/s1. The third kappa shape index (κ3) is 4.69. The topological polar surface area (TPSA) is 67.4 Å². The van der Waals surface area contributed by atoms with E-state index in [1.807, 2.05) is 0 Å². The molecule has 5 nitrogen and oxygen atoms in total. The maximum absolute atomic E-state index is 14.6. The van der Waals surface area contributed by atoms with Crippen LogP contribution < -0.4 is 10.6 Å². The molecule has 0 spiro atoms. The first kappa shape index (κ1) is 19.9. The summed E-state index contributed by atoms with van der Waals surface area (Å²) in [6, 6.07) is 1.55. The van der Waals surface area contributed by atoms with Crippen LogP contribution in [0, 0.1) is 23.5 Å². The molecule has 1 saturated heterocycles. The molecule has 0 aromatic heterocycles. The van der Waals surface area contributed by atoms with Crippen molar-refractivity contribution in [2.75, 3.05) is 13.2 Å². The molecule has 1 aromatic rings. The Morgan fingerprint density at radius 2 is 1.96 bits per heavy atom. The molecule has 2 N–H and O–H groups in total. The molecule has 1 aromatic carbocycles. The van der Waals surface area contributed by atoms with E-state index >= 15 is 0 Å². The molecule has 2 fully saturated rings. The second kappa shape index (κ2) is 8.87. The molecule has 3 rings (SSSR count). The van der Waals surface area contributed by atoms with Crippen molar-refractivity contribution in [1.82, 2.24) is 10.6 Å². The summed E-state index contributed by atoms with van der Waals surface area (Å²) in [7, 11) is 0. The van der Waals surface area contributed by atoms with Crippen molar-refractivity contribution in [3.05, 3.63) is 34.4 Å². The first-order valence-corrected chi connectivity index (χ1v) is 9.69. The van der Waals surface area contributed by atoms with Gasteiger partial charge in [0.1, 0.15) is 11.6 Å². The van der Waals surface area contributed by atoms with E-state index in [0.717, 1.165) is 31.7 Å². The van der Waals surface area contributed by atoms with Gasteiger partial charge in [-0.1, -0.05) is 24.4 Å². The molecule has 2 amide bonds. The van der Waals surface area contributed by atoms with Crippen LogP contribution in [0.25, 0.3) is 0 Å². The largest absolute Gasteiger partial charge is 0.450 e. The fraction of sp³-hybridized carbons (Fsp3) is 0.579. The Kier molecular flexibility index (Phi) is 6.52. The number of carbonyl (C=O) groups excluding carboxylic acids is 2. The van der Waals surface area contributed by atoms with Gasteiger partial charge < -0.3 is 15.4 Å². The fourth-order valence-corrected chi connectivity index (χ4v) is 4.08. The minimum absolute atomic E-state index is 0.0408. The number of hydrogen-bond acceptors (Lipinski definition) is 3. The lowest BCUT2D eigenvalue weighted by atomic mass is 9.89. The van der Waals surface area contributed by atoms with Gasteiger partial charge in [0.05, 0.1) is 17.7 Å². The van der Waals surface area contributed by atoms with E-state index < -0.39 is 29.7 Å². The highest BCUT2D eigenvalue weighted by Gasteiger charge is 2.34. The smallest absolute Gasteiger partial charge is 0.407 e. The second-order valence-corrected chi connectivity index (χ2v) is 7.53. The summed E-state index contributed by atoms with van der Waals surface area (Å²) in [4.78, 5) is 24.1. The van der Waals surface area contributed by atoms with Crippen LogP contribution in [0.5, 0.6) is 0 Å². The van der Waals surface area contributed by atoms with Crippen LogP contribution in [-0.4, -0.2) is 25.2 Å². The average Bonchev–Trinajstić information content (AvgIpc) is 3.15. The molecule has 0 radical (unpaired) electrons. The molecule has 2 atom stereocenters. The maximum Gasteiger partial charge on any atom is 0.407 e. The molecule has 0 unspecified atom stereocenters. The zero-order valence-corrected chi connectivity index (χ0v) is 15.7. The van der Waals surface area contributed by atoms with Gasteiger partial charge in [-0.25, -0.2) is 13.6 Å². The van der Waals surface area contributed by atoms with Crippen molar-refractivity contribution in [2.45, 2.75) is 44.6 Å². The molecule has 1 saturated carbocycles. The average molecular weight is 401 g/mol. The van der Waals surface area contributed by atoms with Crippen LogP contribution in [0.15, 0.2) is 12.1 Å². The van der Waals surface area contributed by atoms with E-state index in [9.17, 15) is 18.4 Å². The number of rotatable bonds is 4. The Labute approximate surface area is 161 Å². The van der Waals surface area contributed by atoms with Crippen LogP contribution in [0.3, 0.4) is 0 Å². The third-order valence-corrected chi connectivity index (χ3v) is 5.68. The summed E-state index contributed by atoms with van der Waals surface area (Å²) >= 11 is 5.86. The second-order valence-electron chi connectivity index (χ2n) is 7.12. The molecule has 1 aliphatic heterocycles. The van der Waals surface area contributed by atoms with Gasteiger partial charge >= 0.3 is 6.09 Å². The molecule has 1 heterocycles.